The molecule has 0 radical (unpaired) electrons. The first-order valence-electron chi connectivity index (χ1n) is 9.24. The molecule has 1 spiro atoms. The molecule has 1 atom stereocenters. The maximum absolute atomic E-state index is 12.6. The van der Waals surface area contributed by atoms with Crippen LogP contribution < -0.4 is 0 Å². The van der Waals surface area contributed by atoms with Gasteiger partial charge in [-0.05, 0) is 68.1 Å². The van der Waals surface area contributed by atoms with Crippen molar-refractivity contribution in [1.82, 2.24) is 0 Å². The molecule has 1 unspecified atom stereocenters. The second-order valence-electron chi connectivity index (χ2n) is 8.31. The van der Waals surface area contributed by atoms with Gasteiger partial charge in [0.15, 0.2) is 0 Å². The van der Waals surface area contributed by atoms with Gasteiger partial charge in [-0.1, -0.05) is 33.6 Å². The van der Waals surface area contributed by atoms with E-state index >= 15 is 0 Å². The Balaban J connectivity index is 0.000000155. The Kier molecular flexibility index (Phi) is 5.71. The summed E-state index contributed by atoms with van der Waals surface area (Å²) in [4.78, 5) is 0. The summed E-state index contributed by atoms with van der Waals surface area (Å²) in [5.41, 5.74) is 0.894. The van der Waals surface area contributed by atoms with Crippen molar-refractivity contribution in [3.05, 3.63) is 0 Å². The van der Waals surface area contributed by atoms with E-state index in [1.54, 1.807) is 25.7 Å². The standard InChI is InChI=1S/C11H20.C8H14F2/c1-9(2)10-3-5-11(6-4-10)7-8-11;1-2-7-4-3-5-8(9,10)6-7/h9-10H,3-8H2,1-2H3;7H,2-6H2,1H3. The van der Waals surface area contributed by atoms with Crippen molar-refractivity contribution in [2.24, 2.45) is 23.2 Å². The number of halogens is 2. The first-order valence-corrected chi connectivity index (χ1v) is 9.24. The van der Waals surface area contributed by atoms with Crippen LogP contribution in [0, 0.1) is 23.2 Å². The highest BCUT2D eigenvalue weighted by Gasteiger charge is 2.44. The second kappa shape index (κ2) is 6.96. The third-order valence-electron chi connectivity index (χ3n) is 6.31. The molecular weight excluding hydrogens is 266 g/mol. The first kappa shape index (κ1) is 17.2. The van der Waals surface area contributed by atoms with Crippen molar-refractivity contribution in [2.45, 2.75) is 97.3 Å². The molecular formula is C19H34F2. The van der Waals surface area contributed by atoms with Gasteiger partial charge in [-0.3, -0.25) is 0 Å². The molecule has 0 aromatic heterocycles. The van der Waals surface area contributed by atoms with Gasteiger partial charge in [-0.25, -0.2) is 8.78 Å². The molecule has 3 aliphatic rings. The summed E-state index contributed by atoms with van der Waals surface area (Å²) in [6.45, 7) is 6.76. The highest BCUT2D eigenvalue weighted by molar-refractivity contribution is 4.96. The van der Waals surface area contributed by atoms with Crippen molar-refractivity contribution < 1.29 is 8.78 Å². The monoisotopic (exact) mass is 300 g/mol. The Hall–Kier alpha value is -0.140. The summed E-state index contributed by atoms with van der Waals surface area (Å²) in [5, 5.41) is 0. The fourth-order valence-electron chi connectivity index (χ4n) is 4.22. The molecule has 2 heteroatoms. The molecule has 0 heterocycles. The highest BCUT2D eigenvalue weighted by Crippen LogP contribution is 2.57. The molecule has 3 fully saturated rings. The van der Waals surface area contributed by atoms with Crippen LogP contribution in [0.15, 0.2) is 0 Å². The van der Waals surface area contributed by atoms with Crippen LogP contribution >= 0.6 is 0 Å². The van der Waals surface area contributed by atoms with Crippen LogP contribution in [0.4, 0.5) is 8.78 Å². The zero-order valence-electron chi connectivity index (χ0n) is 14.3. The molecule has 0 aliphatic heterocycles. The summed E-state index contributed by atoms with van der Waals surface area (Å²) >= 11 is 0. The molecule has 0 aromatic carbocycles. The van der Waals surface area contributed by atoms with E-state index in [1.165, 1.54) is 12.8 Å². The summed E-state index contributed by atoms with van der Waals surface area (Å²) < 4.78 is 25.3. The first-order chi connectivity index (χ1) is 9.86. The second-order valence-corrected chi connectivity index (χ2v) is 8.31. The summed E-state index contributed by atoms with van der Waals surface area (Å²) in [5.74, 6) is -0.0741. The van der Waals surface area contributed by atoms with Crippen LogP contribution in [-0.2, 0) is 0 Å². The Labute approximate surface area is 130 Å². The minimum absolute atomic E-state index is 0.115. The Bertz CT molecular complexity index is 308. The van der Waals surface area contributed by atoms with Crippen LogP contribution in [0.3, 0.4) is 0 Å². The highest BCUT2D eigenvalue weighted by atomic mass is 19.3. The van der Waals surface area contributed by atoms with Crippen LogP contribution in [0.5, 0.6) is 0 Å². The van der Waals surface area contributed by atoms with Gasteiger partial charge in [-0.15, -0.1) is 0 Å². The predicted molar refractivity (Wildman–Crippen MR) is 85.7 cm³/mol. The van der Waals surface area contributed by atoms with Gasteiger partial charge in [-0.2, -0.15) is 0 Å². The molecule has 0 N–H and O–H groups in total. The fourth-order valence-corrected chi connectivity index (χ4v) is 4.22. The lowest BCUT2D eigenvalue weighted by Gasteiger charge is -2.30. The molecule has 3 saturated carbocycles. The Morgan fingerprint density at radius 2 is 1.57 bits per heavy atom. The molecule has 3 rings (SSSR count). The molecule has 21 heavy (non-hydrogen) atoms. The summed E-state index contributed by atoms with van der Waals surface area (Å²) in [6.07, 6.45) is 12.1. The maximum atomic E-state index is 12.6. The summed E-state index contributed by atoms with van der Waals surface area (Å²) in [6, 6.07) is 0. The number of alkyl halides is 2. The molecule has 0 nitrogen and oxygen atoms in total. The minimum atomic E-state index is -2.35. The van der Waals surface area contributed by atoms with Gasteiger partial charge in [0.05, 0.1) is 0 Å². The fraction of sp³-hybridized carbons (Fsp3) is 1.00. The van der Waals surface area contributed by atoms with Crippen molar-refractivity contribution in [3.8, 4) is 0 Å². The van der Waals surface area contributed by atoms with E-state index in [2.05, 4.69) is 13.8 Å². The molecule has 0 bridgehead atoms. The quantitative estimate of drug-likeness (QED) is 0.524. The van der Waals surface area contributed by atoms with Crippen LogP contribution in [0.2, 0.25) is 0 Å². The van der Waals surface area contributed by atoms with E-state index in [0.29, 0.717) is 6.42 Å². The van der Waals surface area contributed by atoms with Gasteiger partial charge in [0.1, 0.15) is 0 Å². The molecule has 0 aromatic rings. The van der Waals surface area contributed by atoms with E-state index in [9.17, 15) is 8.78 Å². The number of hydrogen-bond donors (Lipinski definition) is 0. The largest absolute Gasteiger partial charge is 0.248 e. The van der Waals surface area contributed by atoms with Crippen LogP contribution in [-0.4, -0.2) is 5.92 Å². The lowest BCUT2D eigenvalue weighted by Crippen LogP contribution is -2.25. The third-order valence-corrected chi connectivity index (χ3v) is 6.31. The van der Waals surface area contributed by atoms with Crippen molar-refractivity contribution in [1.29, 1.82) is 0 Å². The van der Waals surface area contributed by atoms with E-state index < -0.39 is 5.92 Å². The van der Waals surface area contributed by atoms with Gasteiger partial charge in [0.2, 0.25) is 5.92 Å². The smallest absolute Gasteiger partial charge is 0.207 e. The van der Waals surface area contributed by atoms with E-state index in [4.69, 9.17) is 0 Å². The van der Waals surface area contributed by atoms with Gasteiger partial charge in [0.25, 0.3) is 0 Å². The predicted octanol–water partition coefficient (Wildman–Crippen LogP) is 6.83. The minimum Gasteiger partial charge on any atom is -0.207 e. The molecule has 3 aliphatic carbocycles. The third kappa shape index (κ3) is 5.21. The lowest BCUT2D eigenvalue weighted by molar-refractivity contribution is -0.0528. The molecule has 0 saturated heterocycles. The molecule has 0 amide bonds. The van der Waals surface area contributed by atoms with Crippen molar-refractivity contribution >= 4 is 0 Å². The number of hydrogen-bond acceptors (Lipinski definition) is 0. The Morgan fingerprint density at radius 3 is 1.95 bits per heavy atom. The SMILES string of the molecule is CC(C)C1CCC2(CC1)CC2.CCC1CCCC(F)(F)C1. The van der Waals surface area contributed by atoms with Gasteiger partial charge in [0, 0.05) is 12.8 Å². The van der Waals surface area contributed by atoms with E-state index in [0.717, 1.165) is 30.1 Å². The Morgan fingerprint density at radius 1 is 0.952 bits per heavy atom. The summed E-state index contributed by atoms with van der Waals surface area (Å²) in [7, 11) is 0. The average molecular weight is 300 g/mol. The number of rotatable bonds is 2. The zero-order valence-corrected chi connectivity index (χ0v) is 14.3. The molecule has 124 valence electrons. The van der Waals surface area contributed by atoms with Crippen molar-refractivity contribution in [2.75, 3.05) is 0 Å². The van der Waals surface area contributed by atoms with Gasteiger partial charge < -0.3 is 0 Å². The van der Waals surface area contributed by atoms with Crippen LogP contribution in [0.1, 0.15) is 91.4 Å². The topological polar surface area (TPSA) is 0 Å². The maximum Gasteiger partial charge on any atom is 0.248 e. The lowest BCUT2D eigenvalue weighted by atomic mass is 9.75. The van der Waals surface area contributed by atoms with Gasteiger partial charge >= 0.3 is 0 Å². The average Bonchev–Trinajstić information content (AvgIpc) is 3.18. The zero-order chi connectivity index (χ0) is 15.5. The van der Waals surface area contributed by atoms with Crippen LogP contribution in [0.25, 0.3) is 0 Å². The van der Waals surface area contributed by atoms with E-state index in [-0.39, 0.29) is 18.8 Å². The normalized spacial score (nSPS) is 30.9. The van der Waals surface area contributed by atoms with Crippen molar-refractivity contribution in [3.63, 3.8) is 0 Å². The van der Waals surface area contributed by atoms with E-state index in [1.807, 2.05) is 6.92 Å².